The van der Waals surface area contributed by atoms with Gasteiger partial charge in [0, 0.05) is 19.3 Å². The molecule has 0 aliphatic carbocycles. The quantitative estimate of drug-likeness (QED) is 0.0377. The normalized spacial score (nSPS) is 12.7. The van der Waals surface area contributed by atoms with E-state index in [9.17, 15) is 30.6 Å². The zero-order valence-corrected chi connectivity index (χ0v) is 67.0. The van der Waals surface area contributed by atoms with Gasteiger partial charge in [-0.2, -0.15) is 0 Å². The first-order valence-corrected chi connectivity index (χ1v) is 37.5. The molecular weight excluding hydrogens is 1190 g/mol. The zero-order valence-electron chi connectivity index (χ0n) is 67.0. The molecule has 0 heterocycles. The zero-order chi connectivity index (χ0) is 73.8. The fourth-order valence-corrected chi connectivity index (χ4v) is 13.0. The number of unbranched alkanes of at least 4 members (excludes halogenated alkanes) is 12. The summed E-state index contributed by atoms with van der Waals surface area (Å²) in [6, 6.07) is 25.5. The van der Waals surface area contributed by atoms with Crippen LogP contribution in [0.25, 0.3) is 0 Å². The summed E-state index contributed by atoms with van der Waals surface area (Å²) in [5.41, 5.74) is 17.7. The van der Waals surface area contributed by atoms with Crippen LogP contribution in [0, 0.1) is 13.8 Å². The molecule has 0 unspecified atom stereocenters. The first-order valence-electron chi connectivity index (χ1n) is 37.5. The predicted molar refractivity (Wildman–Crippen MR) is 420 cm³/mol. The molecule has 0 spiro atoms. The number of aryl methyl sites for hydroxylation is 4. The lowest BCUT2D eigenvalue weighted by molar-refractivity contribution is 0.431. The van der Waals surface area contributed by atoms with Crippen LogP contribution in [0.5, 0.6) is 34.5 Å². The van der Waals surface area contributed by atoms with Gasteiger partial charge in [-0.25, -0.2) is 0 Å². The van der Waals surface area contributed by atoms with Crippen molar-refractivity contribution in [1.82, 2.24) is 0 Å². The average Bonchev–Trinajstić information content (AvgIpc) is 0.781. The Morgan fingerprint density at radius 3 is 0.598 bits per heavy atom. The summed E-state index contributed by atoms with van der Waals surface area (Å²) in [7, 11) is 0. The first kappa shape index (κ1) is 83.5. The Bertz CT molecular complexity index is 3120. The summed E-state index contributed by atoms with van der Waals surface area (Å²) in [5.74, 6) is 2.24. The standard InChI is InChI=1S/C33H52O2.2C29H44O2/c1-5-7-9-11-13-15-17-19-28-21-26(3)23-30(32(28)34)25-31-24-27(4)22-29(33(31)35)20-18-16-14-12-10-8-6-2;2*1-26(2,3)20-14-18(24(30)22(16-20)28(7,8)9)13-19-15-21(27(4,5)6)17-23(25(19)31)29(10,11)12/h21-24,34-35H,5-20,25H2,1-4H3;2*14-17,30-31H,13H2,1-12H3. The molecule has 0 radical (unpaired) electrons. The van der Waals surface area contributed by atoms with Crippen molar-refractivity contribution in [2.75, 3.05) is 0 Å². The number of rotatable bonds is 22. The van der Waals surface area contributed by atoms with Gasteiger partial charge in [0.25, 0.3) is 0 Å². The summed E-state index contributed by atoms with van der Waals surface area (Å²) >= 11 is 0. The van der Waals surface area contributed by atoms with Gasteiger partial charge in [0.05, 0.1) is 0 Å². The van der Waals surface area contributed by atoms with Gasteiger partial charge >= 0.3 is 0 Å². The Balaban J connectivity index is 0.000000310. The lowest BCUT2D eigenvalue weighted by atomic mass is 9.76. The topological polar surface area (TPSA) is 121 Å². The molecule has 0 saturated carbocycles. The van der Waals surface area contributed by atoms with E-state index in [-0.39, 0.29) is 43.3 Å². The third-order valence-electron chi connectivity index (χ3n) is 19.5. The third-order valence-corrected chi connectivity index (χ3v) is 19.5. The second-order valence-electron chi connectivity index (χ2n) is 37.3. The highest BCUT2D eigenvalue weighted by Gasteiger charge is 2.31. The predicted octanol–water partition coefficient (Wildman–Crippen LogP) is 25.6. The molecule has 0 amide bonds. The van der Waals surface area contributed by atoms with Gasteiger partial charge < -0.3 is 30.6 Å². The van der Waals surface area contributed by atoms with Crippen LogP contribution >= 0.6 is 0 Å². The van der Waals surface area contributed by atoms with Crippen molar-refractivity contribution in [3.05, 3.63) is 173 Å². The molecule has 0 atom stereocenters. The van der Waals surface area contributed by atoms with Crippen molar-refractivity contribution in [2.45, 2.75) is 359 Å². The van der Waals surface area contributed by atoms with Crippen LogP contribution in [0.2, 0.25) is 0 Å². The molecule has 6 N–H and O–H groups in total. The van der Waals surface area contributed by atoms with Crippen molar-refractivity contribution in [3.8, 4) is 34.5 Å². The molecule has 540 valence electrons. The second-order valence-corrected chi connectivity index (χ2v) is 37.3. The number of phenolic OH excluding ortho intramolecular Hbond substituents is 6. The minimum atomic E-state index is -0.175. The van der Waals surface area contributed by atoms with E-state index in [1.165, 1.54) is 110 Å². The van der Waals surface area contributed by atoms with Gasteiger partial charge in [-0.05, 0) is 172 Å². The molecule has 6 aromatic rings. The molecule has 6 aromatic carbocycles. The lowest BCUT2D eigenvalue weighted by Gasteiger charge is -2.29. The highest BCUT2D eigenvalue weighted by Crippen LogP contribution is 2.46. The van der Waals surface area contributed by atoms with E-state index in [4.69, 9.17) is 0 Å². The summed E-state index contributed by atoms with van der Waals surface area (Å²) in [4.78, 5) is 0. The number of benzene rings is 6. The van der Waals surface area contributed by atoms with Gasteiger partial charge in [-0.3, -0.25) is 0 Å². The Hall–Kier alpha value is -5.88. The first-order chi connectivity index (χ1) is 44.4. The molecule has 0 fully saturated rings. The lowest BCUT2D eigenvalue weighted by Crippen LogP contribution is -2.19. The molecule has 6 heteroatoms. The van der Waals surface area contributed by atoms with E-state index >= 15 is 0 Å². The van der Waals surface area contributed by atoms with E-state index in [0.29, 0.717) is 53.8 Å². The van der Waals surface area contributed by atoms with Crippen LogP contribution in [0.3, 0.4) is 0 Å². The van der Waals surface area contributed by atoms with Gasteiger partial charge in [0.15, 0.2) is 0 Å². The second kappa shape index (κ2) is 34.0. The van der Waals surface area contributed by atoms with E-state index < -0.39 is 0 Å². The van der Waals surface area contributed by atoms with E-state index in [1.54, 1.807) is 0 Å². The van der Waals surface area contributed by atoms with Crippen LogP contribution in [0.15, 0.2) is 72.8 Å². The molecule has 6 rings (SSSR count). The molecular formula is C91H140O6. The van der Waals surface area contributed by atoms with Gasteiger partial charge in [-0.15, -0.1) is 0 Å². The van der Waals surface area contributed by atoms with Crippen molar-refractivity contribution in [3.63, 3.8) is 0 Å². The van der Waals surface area contributed by atoms with Gasteiger partial charge in [0.1, 0.15) is 34.5 Å². The fourth-order valence-electron chi connectivity index (χ4n) is 13.0. The highest BCUT2D eigenvalue weighted by atomic mass is 16.3. The van der Waals surface area contributed by atoms with Crippen molar-refractivity contribution < 1.29 is 30.6 Å². The van der Waals surface area contributed by atoms with Crippen molar-refractivity contribution in [2.24, 2.45) is 0 Å². The largest absolute Gasteiger partial charge is 0.507 e. The minimum absolute atomic E-state index is 0.0334. The van der Waals surface area contributed by atoms with E-state index in [0.717, 1.165) is 92.4 Å². The van der Waals surface area contributed by atoms with Gasteiger partial charge in [0.2, 0.25) is 0 Å². The SMILES string of the molecule is CC(C)(C)c1cc(Cc2cc(C(C)(C)C)cc(C(C)(C)C)c2O)c(O)c(C(C)(C)C)c1.CC(C)(C)c1cc(Cc2cc(C(C)(C)C)cc(C(C)(C)C)c2O)c(O)c(C(C)(C)C)c1.CCCCCCCCCc1cc(C)cc(Cc2cc(C)cc(CCCCCCCCC)c2O)c1O. The smallest absolute Gasteiger partial charge is 0.122 e. The number of hydrogen-bond acceptors (Lipinski definition) is 6. The fraction of sp³-hybridized carbons (Fsp3) is 0.604. The number of phenols is 6. The molecule has 0 aliphatic heterocycles. The van der Waals surface area contributed by atoms with Gasteiger partial charge in [-0.1, -0.05) is 341 Å². The van der Waals surface area contributed by atoms with Crippen LogP contribution < -0.4 is 0 Å². The monoisotopic (exact) mass is 1330 g/mol. The summed E-state index contributed by atoms with van der Waals surface area (Å²) < 4.78 is 0. The maximum atomic E-state index is 11.2. The van der Waals surface area contributed by atoms with Crippen LogP contribution in [0.1, 0.15) is 370 Å². The summed E-state index contributed by atoms with van der Waals surface area (Å²) in [6.07, 6.45) is 21.3. The highest BCUT2D eigenvalue weighted by molar-refractivity contribution is 5.57. The number of hydrogen-bond donors (Lipinski definition) is 6. The Labute approximate surface area is 594 Å². The van der Waals surface area contributed by atoms with Crippen LogP contribution in [-0.4, -0.2) is 30.6 Å². The maximum Gasteiger partial charge on any atom is 0.122 e. The van der Waals surface area contributed by atoms with Crippen LogP contribution in [-0.2, 0) is 75.4 Å². The molecule has 0 aromatic heterocycles. The summed E-state index contributed by atoms with van der Waals surface area (Å²) in [5, 5.41) is 67.1. The third kappa shape index (κ3) is 24.8. The Morgan fingerprint density at radius 2 is 0.402 bits per heavy atom. The van der Waals surface area contributed by atoms with Crippen molar-refractivity contribution >= 4 is 0 Å². The molecule has 0 bridgehead atoms. The summed E-state index contributed by atoms with van der Waals surface area (Å²) in [6.45, 7) is 60.7. The molecule has 97 heavy (non-hydrogen) atoms. The minimum Gasteiger partial charge on any atom is -0.507 e. The van der Waals surface area contributed by atoms with E-state index in [1.807, 2.05) is 0 Å². The molecule has 0 saturated heterocycles. The van der Waals surface area contributed by atoms with Crippen molar-refractivity contribution in [1.29, 1.82) is 0 Å². The molecule has 6 nitrogen and oxygen atoms in total. The number of aromatic hydroxyl groups is 6. The average molecular weight is 1330 g/mol. The molecule has 0 aliphatic rings. The van der Waals surface area contributed by atoms with Crippen LogP contribution in [0.4, 0.5) is 0 Å². The Kier molecular flexibility index (Phi) is 29.3. The van der Waals surface area contributed by atoms with E-state index in [2.05, 4.69) is 267 Å². The maximum absolute atomic E-state index is 11.2. The Morgan fingerprint density at radius 1 is 0.216 bits per heavy atom.